The lowest BCUT2D eigenvalue weighted by Crippen LogP contribution is -2.05. The van der Waals surface area contributed by atoms with Crippen molar-refractivity contribution in [2.24, 2.45) is 0 Å². The number of carbonyl (C=O) groups is 1. The first-order valence-corrected chi connectivity index (χ1v) is 12.5. The number of esters is 1. The number of unbranched alkanes of at least 4 members (excludes halogenated alkanes) is 15. The molecule has 0 aromatic carbocycles. The van der Waals surface area contributed by atoms with E-state index in [0.717, 1.165) is 38.5 Å². The van der Waals surface area contributed by atoms with E-state index < -0.39 is 6.17 Å². The van der Waals surface area contributed by atoms with Crippen molar-refractivity contribution in [1.82, 2.24) is 0 Å². The molecule has 1 atom stereocenters. The molecule has 0 fully saturated rings. The van der Waals surface area contributed by atoms with Crippen molar-refractivity contribution in [3.63, 3.8) is 0 Å². The third-order valence-corrected chi connectivity index (χ3v) is 5.61. The molecule has 0 N–H and O–H groups in total. The van der Waals surface area contributed by atoms with Crippen molar-refractivity contribution in [3.05, 3.63) is 12.2 Å². The highest BCUT2D eigenvalue weighted by molar-refractivity contribution is 5.86. The van der Waals surface area contributed by atoms with Crippen molar-refractivity contribution in [1.29, 1.82) is 0 Å². The first-order valence-electron chi connectivity index (χ1n) is 12.5. The van der Waals surface area contributed by atoms with Gasteiger partial charge in [-0.25, -0.2) is 9.18 Å². The Labute approximate surface area is 181 Å². The maximum absolute atomic E-state index is 13.9. The predicted molar refractivity (Wildman–Crippen MR) is 124 cm³/mol. The number of carbonyl (C=O) groups excluding carboxylic acids is 1. The molecule has 0 aromatic rings. The van der Waals surface area contributed by atoms with Gasteiger partial charge in [-0.3, -0.25) is 0 Å². The van der Waals surface area contributed by atoms with Gasteiger partial charge in [0.25, 0.3) is 0 Å². The number of rotatable bonds is 22. The van der Waals surface area contributed by atoms with Crippen LogP contribution in [0.4, 0.5) is 4.39 Å². The topological polar surface area (TPSA) is 26.3 Å². The molecule has 3 heteroatoms. The molecule has 0 bridgehead atoms. The van der Waals surface area contributed by atoms with Crippen LogP contribution in [0.15, 0.2) is 12.2 Å². The van der Waals surface area contributed by atoms with Gasteiger partial charge in [0.1, 0.15) is 6.17 Å². The summed E-state index contributed by atoms with van der Waals surface area (Å²) in [6.45, 7) is 8.00. The van der Waals surface area contributed by atoms with Gasteiger partial charge in [0.05, 0.1) is 6.61 Å². The van der Waals surface area contributed by atoms with Crippen LogP contribution in [-0.2, 0) is 9.53 Å². The SMILES string of the molecule is C=C(C)C(=O)OCCCCCCCCCCCC(F)CCCCCCCCCC. The van der Waals surface area contributed by atoms with Gasteiger partial charge < -0.3 is 4.74 Å². The molecule has 172 valence electrons. The van der Waals surface area contributed by atoms with Gasteiger partial charge in [0.15, 0.2) is 0 Å². The van der Waals surface area contributed by atoms with Crippen molar-refractivity contribution >= 4 is 5.97 Å². The maximum atomic E-state index is 13.9. The second kappa shape index (κ2) is 21.8. The highest BCUT2D eigenvalue weighted by atomic mass is 19.1. The molecule has 0 spiro atoms. The molecule has 0 rings (SSSR count). The van der Waals surface area contributed by atoms with Gasteiger partial charge >= 0.3 is 5.97 Å². The van der Waals surface area contributed by atoms with E-state index in [0.29, 0.717) is 12.2 Å². The highest BCUT2D eigenvalue weighted by Crippen LogP contribution is 2.17. The number of hydrogen-bond acceptors (Lipinski definition) is 2. The minimum Gasteiger partial charge on any atom is -0.462 e. The lowest BCUT2D eigenvalue weighted by molar-refractivity contribution is -0.139. The second-order valence-corrected chi connectivity index (χ2v) is 8.75. The van der Waals surface area contributed by atoms with Gasteiger partial charge in [-0.2, -0.15) is 0 Å². The molecule has 1 unspecified atom stereocenters. The lowest BCUT2D eigenvalue weighted by atomic mass is 10.0. The molecule has 0 saturated heterocycles. The van der Waals surface area contributed by atoms with E-state index in [-0.39, 0.29) is 5.97 Å². The molecule has 0 aromatic heterocycles. The minimum atomic E-state index is -0.575. The maximum Gasteiger partial charge on any atom is 0.333 e. The predicted octanol–water partition coefficient (Wildman–Crippen LogP) is 8.88. The fourth-order valence-corrected chi connectivity index (χ4v) is 3.64. The van der Waals surface area contributed by atoms with Crippen LogP contribution in [0.2, 0.25) is 0 Å². The third-order valence-electron chi connectivity index (χ3n) is 5.61. The van der Waals surface area contributed by atoms with E-state index in [9.17, 15) is 9.18 Å². The third kappa shape index (κ3) is 21.7. The second-order valence-electron chi connectivity index (χ2n) is 8.75. The molecule has 0 aliphatic heterocycles. The van der Waals surface area contributed by atoms with Gasteiger partial charge in [0.2, 0.25) is 0 Å². The van der Waals surface area contributed by atoms with Crippen molar-refractivity contribution < 1.29 is 13.9 Å². The zero-order valence-electron chi connectivity index (χ0n) is 19.6. The molecule has 0 saturated carbocycles. The minimum absolute atomic E-state index is 0.279. The number of halogens is 1. The average Bonchev–Trinajstić information content (AvgIpc) is 2.70. The Balaban J connectivity index is 3.20. The number of ether oxygens (including phenoxy) is 1. The van der Waals surface area contributed by atoms with Crippen LogP contribution < -0.4 is 0 Å². The van der Waals surface area contributed by atoms with Crippen LogP contribution in [0.25, 0.3) is 0 Å². The largest absolute Gasteiger partial charge is 0.462 e. The summed E-state index contributed by atoms with van der Waals surface area (Å²) in [5.41, 5.74) is 0.470. The Kier molecular flexibility index (Phi) is 21.2. The standard InChI is InChI=1S/C26H49FO2/c1-4-5-6-7-8-12-15-18-21-25(27)22-19-16-13-10-9-11-14-17-20-23-29-26(28)24(2)3/h25H,2,4-23H2,1,3H3. The molecule has 29 heavy (non-hydrogen) atoms. The fourth-order valence-electron chi connectivity index (χ4n) is 3.64. The monoisotopic (exact) mass is 412 g/mol. The summed E-state index contributed by atoms with van der Waals surface area (Å²) in [5.74, 6) is -0.279. The van der Waals surface area contributed by atoms with Crippen LogP contribution in [-0.4, -0.2) is 18.7 Å². The van der Waals surface area contributed by atoms with E-state index in [1.807, 2.05) is 0 Å². The van der Waals surface area contributed by atoms with E-state index in [1.165, 1.54) is 83.5 Å². The van der Waals surface area contributed by atoms with Crippen LogP contribution in [0, 0.1) is 0 Å². The molecule has 0 amide bonds. The van der Waals surface area contributed by atoms with E-state index in [2.05, 4.69) is 13.5 Å². The Morgan fingerprint density at radius 1 is 0.724 bits per heavy atom. The van der Waals surface area contributed by atoms with Gasteiger partial charge in [0, 0.05) is 5.57 Å². The summed E-state index contributed by atoms with van der Waals surface area (Å²) in [6, 6.07) is 0. The van der Waals surface area contributed by atoms with E-state index in [4.69, 9.17) is 4.74 Å². The molecular formula is C26H49FO2. The van der Waals surface area contributed by atoms with Crippen molar-refractivity contribution in [3.8, 4) is 0 Å². The molecule has 0 aliphatic carbocycles. The lowest BCUT2D eigenvalue weighted by Gasteiger charge is -2.08. The summed E-state index contributed by atoms with van der Waals surface area (Å²) in [4.78, 5) is 11.2. The molecule has 0 aliphatic rings. The average molecular weight is 413 g/mol. The summed E-state index contributed by atoms with van der Waals surface area (Å²) in [6.07, 6.45) is 21.8. The zero-order valence-corrected chi connectivity index (χ0v) is 19.6. The van der Waals surface area contributed by atoms with Crippen LogP contribution >= 0.6 is 0 Å². The summed E-state index contributed by atoms with van der Waals surface area (Å²) >= 11 is 0. The van der Waals surface area contributed by atoms with Crippen LogP contribution in [0.5, 0.6) is 0 Å². The highest BCUT2D eigenvalue weighted by Gasteiger charge is 2.06. The first kappa shape index (κ1) is 28.1. The smallest absolute Gasteiger partial charge is 0.333 e. The normalized spacial score (nSPS) is 12.1. The van der Waals surface area contributed by atoms with Crippen LogP contribution in [0.1, 0.15) is 136 Å². The molecule has 0 heterocycles. The van der Waals surface area contributed by atoms with Gasteiger partial charge in [-0.05, 0) is 26.2 Å². The molecule has 2 nitrogen and oxygen atoms in total. The quantitative estimate of drug-likeness (QED) is 0.101. The van der Waals surface area contributed by atoms with Gasteiger partial charge in [-0.1, -0.05) is 116 Å². The summed E-state index contributed by atoms with van der Waals surface area (Å²) in [5, 5.41) is 0. The van der Waals surface area contributed by atoms with Crippen molar-refractivity contribution in [2.45, 2.75) is 142 Å². The Hall–Kier alpha value is -0.860. The Morgan fingerprint density at radius 3 is 1.52 bits per heavy atom. The van der Waals surface area contributed by atoms with E-state index >= 15 is 0 Å². The van der Waals surface area contributed by atoms with Crippen LogP contribution in [0.3, 0.4) is 0 Å². The molecular weight excluding hydrogens is 363 g/mol. The Bertz CT molecular complexity index is 381. The van der Waals surface area contributed by atoms with E-state index in [1.54, 1.807) is 6.92 Å². The van der Waals surface area contributed by atoms with Crippen molar-refractivity contribution in [2.75, 3.05) is 6.61 Å². The molecule has 0 radical (unpaired) electrons. The van der Waals surface area contributed by atoms with Gasteiger partial charge in [-0.15, -0.1) is 0 Å². The zero-order chi connectivity index (χ0) is 21.6. The first-order chi connectivity index (χ1) is 14.1. The number of alkyl halides is 1. The number of hydrogen-bond donors (Lipinski definition) is 0. The summed E-state index contributed by atoms with van der Waals surface area (Å²) < 4.78 is 19.0. The summed E-state index contributed by atoms with van der Waals surface area (Å²) in [7, 11) is 0. The Morgan fingerprint density at radius 2 is 1.10 bits per heavy atom. The fraction of sp³-hybridized carbons (Fsp3) is 0.885.